The highest BCUT2D eigenvalue weighted by Gasteiger charge is 2.62. The van der Waals surface area contributed by atoms with Gasteiger partial charge in [-0.2, -0.15) is 0 Å². The van der Waals surface area contributed by atoms with Crippen molar-refractivity contribution in [2.75, 3.05) is 4.90 Å². The first-order valence-corrected chi connectivity index (χ1v) is 21.9. The molecular weight excluding hydrogens is 727 g/mol. The van der Waals surface area contributed by atoms with Gasteiger partial charge in [0.2, 0.25) is 0 Å². The largest absolute Gasteiger partial charge is 0.454 e. The Morgan fingerprint density at radius 3 is 1.67 bits per heavy atom. The summed E-state index contributed by atoms with van der Waals surface area (Å²) in [4.78, 5) is 2.37. The van der Waals surface area contributed by atoms with Gasteiger partial charge in [-0.05, 0) is 125 Å². The maximum atomic E-state index is 6.66. The molecule has 0 saturated carbocycles. The van der Waals surface area contributed by atoms with Gasteiger partial charge in [-0.15, -0.1) is 0 Å². The van der Waals surface area contributed by atoms with Crippen molar-refractivity contribution in [3.05, 3.63) is 162 Å². The average Bonchev–Trinajstić information content (AvgIpc) is 3.82. The van der Waals surface area contributed by atoms with Gasteiger partial charge in [-0.3, -0.25) is 0 Å². The molecule has 0 bridgehead atoms. The summed E-state index contributed by atoms with van der Waals surface area (Å²) in [6.45, 7) is 29.6. The van der Waals surface area contributed by atoms with E-state index >= 15 is 0 Å². The summed E-state index contributed by atoms with van der Waals surface area (Å²) in [6, 6.07) is 52.2. The second kappa shape index (κ2) is 12.5. The van der Waals surface area contributed by atoms with Crippen molar-refractivity contribution in [1.82, 2.24) is 0 Å². The summed E-state index contributed by atoms with van der Waals surface area (Å²) in [5.74, 6) is 0. The highest BCUT2D eigenvalue weighted by Crippen LogP contribution is 2.70. The molecule has 0 unspecified atom stereocenters. The van der Waals surface area contributed by atoms with Crippen LogP contribution in [0.15, 0.2) is 144 Å². The van der Waals surface area contributed by atoms with Gasteiger partial charge in [0.25, 0.3) is 0 Å². The van der Waals surface area contributed by atoms with Gasteiger partial charge < -0.3 is 9.32 Å². The quantitative estimate of drug-likeness (QED) is 0.177. The third kappa shape index (κ3) is 4.88. The maximum absolute atomic E-state index is 6.66. The van der Waals surface area contributed by atoms with Crippen LogP contribution in [-0.2, 0) is 10.8 Å². The van der Waals surface area contributed by atoms with E-state index in [0.717, 1.165) is 39.0 Å². The summed E-state index contributed by atoms with van der Waals surface area (Å²) in [5.41, 5.74) is 15.6. The van der Waals surface area contributed by atoms with Crippen molar-refractivity contribution in [3.63, 3.8) is 0 Å². The van der Waals surface area contributed by atoms with E-state index in [1.807, 2.05) is 6.07 Å². The molecule has 302 valence electrons. The molecule has 10 rings (SSSR count). The predicted octanol–water partition coefficient (Wildman–Crippen LogP) is 16.9. The Kier molecular flexibility index (Phi) is 8.03. The third-order valence-electron chi connectivity index (χ3n) is 14.7. The van der Waals surface area contributed by atoms with E-state index in [1.54, 1.807) is 0 Å². The minimum atomic E-state index is -0.302. The zero-order chi connectivity index (χ0) is 42.4. The summed E-state index contributed by atoms with van der Waals surface area (Å²) in [6.07, 6.45) is 0. The lowest BCUT2D eigenvalue weighted by molar-refractivity contribution is 0.0933. The predicted molar refractivity (Wildman–Crippen MR) is 256 cm³/mol. The fraction of sp³-hybridized carbons (Fsp3) is 0.310. The number of benzene rings is 7. The molecule has 0 amide bonds. The number of fused-ring (bicyclic) bond motifs is 11. The van der Waals surface area contributed by atoms with Crippen LogP contribution in [0.1, 0.15) is 105 Å². The van der Waals surface area contributed by atoms with Crippen LogP contribution < -0.4 is 4.90 Å². The van der Waals surface area contributed by atoms with E-state index in [4.69, 9.17) is 4.42 Å². The number of para-hydroxylation sites is 3. The molecule has 1 heterocycles. The van der Waals surface area contributed by atoms with E-state index in [9.17, 15) is 0 Å². The zero-order valence-electron chi connectivity index (χ0n) is 37.6. The molecule has 2 heteroatoms. The molecule has 0 radical (unpaired) electrons. The molecule has 1 aromatic heterocycles. The molecule has 0 saturated heterocycles. The van der Waals surface area contributed by atoms with Crippen LogP contribution in [0.4, 0.5) is 17.1 Å². The summed E-state index contributed by atoms with van der Waals surface area (Å²) in [5, 5.41) is 4.82. The van der Waals surface area contributed by atoms with E-state index in [-0.39, 0.29) is 32.5 Å². The van der Waals surface area contributed by atoms with Crippen LogP contribution in [0, 0.1) is 21.7 Å². The van der Waals surface area contributed by atoms with Crippen molar-refractivity contribution >= 4 is 49.8 Å². The van der Waals surface area contributed by atoms with Gasteiger partial charge in [0.15, 0.2) is 5.58 Å². The van der Waals surface area contributed by atoms with Crippen molar-refractivity contribution in [1.29, 1.82) is 0 Å². The second-order valence-corrected chi connectivity index (χ2v) is 21.8. The normalized spacial score (nSPS) is 15.6. The van der Waals surface area contributed by atoms with Gasteiger partial charge in [0.05, 0.1) is 5.69 Å². The molecule has 8 aromatic rings. The molecule has 2 aliphatic carbocycles. The van der Waals surface area contributed by atoms with Gasteiger partial charge in [0.1, 0.15) is 5.58 Å². The fourth-order valence-electron chi connectivity index (χ4n) is 13.4. The first-order valence-electron chi connectivity index (χ1n) is 21.9. The van der Waals surface area contributed by atoms with Gasteiger partial charge in [0, 0.05) is 33.0 Å². The molecule has 7 aromatic carbocycles. The highest BCUT2D eigenvalue weighted by atomic mass is 16.3. The molecule has 0 N–H and O–H groups in total. The van der Waals surface area contributed by atoms with Crippen LogP contribution in [-0.4, -0.2) is 0 Å². The van der Waals surface area contributed by atoms with E-state index < -0.39 is 0 Å². The van der Waals surface area contributed by atoms with Gasteiger partial charge >= 0.3 is 0 Å². The Morgan fingerprint density at radius 1 is 0.400 bits per heavy atom. The lowest BCUT2D eigenvalue weighted by atomic mass is 9.48. The Hall–Kier alpha value is -5.60. The summed E-state index contributed by atoms with van der Waals surface area (Å²) in [7, 11) is 0. The van der Waals surface area contributed by atoms with Crippen LogP contribution in [0.5, 0.6) is 0 Å². The molecule has 0 atom stereocenters. The maximum Gasteiger partial charge on any atom is 0.159 e. The van der Waals surface area contributed by atoms with Gasteiger partial charge in [-0.25, -0.2) is 0 Å². The summed E-state index contributed by atoms with van der Waals surface area (Å²) < 4.78 is 6.66. The van der Waals surface area contributed by atoms with Crippen molar-refractivity contribution in [2.24, 2.45) is 21.7 Å². The minimum Gasteiger partial charge on any atom is -0.454 e. The molecular formula is C58H59NO. The number of hydrogen-bond acceptors (Lipinski definition) is 2. The minimum absolute atomic E-state index is 0.0372. The molecule has 60 heavy (non-hydrogen) atoms. The highest BCUT2D eigenvalue weighted by molar-refractivity contribution is 6.11. The fourth-order valence-corrected chi connectivity index (χ4v) is 13.4. The Labute approximate surface area is 357 Å². The second-order valence-electron chi connectivity index (χ2n) is 21.8. The number of anilines is 3. The zero-order valence-corrected chi connectivity index (χ0v) is 37.6. The average molecular weight is 786 g/mol. The smallest absolute Gasteiger partial charge is 0.159 e. The number of nitrogens with zero attached hydrogens (tertiary/aromatic N) is 1. The Balaban J connectivity index is 1.26. The topological polar surface area (TPSA) is 16.4 Å². The lowest BCUT2D eigenvalue weighted by Crippen LogP contribution is -2.50. The van der Waals surface area contributed by atoms with E-state index in [1.165, 1.54) is 55.3 Å². The van der Waals surface area contributed by atoms with Crippen molar-refractivity contribution < 1.29 is 4.42 Å². The van der Waals surface area contributed by atoms with Gasteiger partial charge in [-0.1, -0.05) is 174 Å². The number of hydrogen-bond donors (Lipinski definition) is 0. The van der Waals surface area contributed by atoms with Crippen LogP contribution in [0.3, 0.4) is 0 Å². The monoisotopic (exact) mass is 785 g/mol. The Bertz CT molecular complexity index is 2990. The van der Waals surface area contributed by atoms with Crippen LogP contribution >= 0.6 is 0 Å². The first-order chi connectivity index (χ1) is 28.3. The summed E-state index contributed by atoms with van der Waals surface area (Å²) >= 11 is 0. The van der Waals surface area contributed by atoms with Crippen molar-refractivity contribution in [2.45, 2.75) is 93.9 Å². The van der Waals surface area contributed by atoms with Crippen molar-refractivity contribution in [3.8, 4) is 22.3 Å². The standard InChI is InChI=1S/C58H59NO/c1-53(2,3)57(54(4,5)6)46-26-18-16-23-40(46)44-34-48-45(35-47(44)57)42-31-29-36-33-38(30-32-39(36)51(42)58(48,55(7,8)9)56(10,11)12)59(37-21-14-13-15-22-37)49-27-20-25-43-41-24-17-19-28-50(41)60-52(43)49/h13-35H,1-12H3. The number of rotatable bonds is 3. The third-order valence-corrected chi connectivity index (χ3v) is 14.7. The molecule has 2 aliphatic rings. The first kappa shape index (κ1) is 38.6. The van der Waals surface area contributed by atoms with Crippen LogP contribution in [0.2, 0.25) is 0 Å². The molecule has 0 spiro atoms. The van der Waals surface area contributed by atoms with E-state index in [2.05, 4.69) is 221 Å². The molecule has 0 aliphatic heterocycles. The SMILES string of the molecule is CC(C)(C)C1(C(C)(C)C)c2ccccc2-c2cc3c(cc21)-c1ccc2cc(N(c4ccccc4)c4cccc5c4oc4ccccc45)ccc2c1C3(C(C)(C)C)C(C)(C)C. The molecule has 0 fully saturated rings. The number of furan rings is 1. The van der Waals surface area contributed by atoms with Crippen LogP contribution in [0.25, 0.3) is 55.0 Å². The Morgan fingerprint density at radius 2 is 0.983 bits per heavy atom. The lowest BCUT2D eigenvalue weighted by Gasteiger charge is -2.54. The van der Waals surface area contributed by atoms with E-state index in [0.29, 0.717) is 0 Å². The molecule has 2 nitrogen and oxygen atoms in total.